The van der Waals surface area contributed by atoms with Crippen molar-refractivity contribution >= 4 is 0 Å². The highest BCUT2D eigenvalue weighted by Crippen LogP contribution is 2.29. The number of benzene rings is 2. The van der Waals surface area contributed by atoms with Crippen LogP contribution in [0.4, 0.5) is 13.2 Å². The third-order valence-corrected chi connectivity index (χ3v) is 2.79. The first kappa shape index (κ1) is 14.4. The molecule has 0 aromatic heterocycles. The number of aliphatic hydroxyl groups excluding tert-OH is 1. The Hall–Kier alpha value is -2.01. The average molecular weight is 282 g/mol. The van der Waals surface area contributed by atoms with E-state index in [9.17, 15) is 13.2 Å². The summed E-state index contributed by atoms with van der Waals surface area (Å²) in [6, 6.07) is 11.8. The Labute approximate surface area is 114 Å². The maximum absolute atomic E-state index is 12.6. The van der Waals surface area contributed by atoms with Gasteiger partial charge in [0.25, 0.3) is 0 Å². The van der Waals surface area contributed by atoms with Gasteiger partial charge in [-0.1, -0.05) is 30.3 Å². The molecule has 0 heterocycles. The molecule has 2 nitrogen and oxygen atoms in total. The highest BCUT2D eigenvalue weighted by Gasteiger charge is 2.30. The van der Waals surface area contributed by atoms with E-state index in [0.717, 1.165) is 12.1 Å². The van der Waals surface area contributed by atoms with E-state index >= 15 is 0 Å². The Balaban J connectivity index is 2.11. The molecule has 20 heavy (non-hydrogen) atoms. The molecular formula is C15H13F3O2. The highest BCUT2D eigenvalue weighted by atomic mass is 19.4. The van der Waals surface area contributed by atoms with Gasteiger partial charge in [0.1, 0.15) is 12.4 Å². The van der Waals surface area contributed by atoms with E-state index in [0.29, 0.717) is 16.9 Å². The van der Waals surface area contributed by atoms with E-state index in [1.165, 1.54) is 6.07 Å². The SMILES string of the molecule is OCc1ccccc1OCc1cccc(C(F)(F)F)c1. The van der Waals surface area contributed by atoms with Gasteiger partial charge in [0.2, 0.25) is 0 Å². The van der Waals surface area contributed by atoms with Crippen LogP contribution in [-0.2, 0) is 19.4 Å². The van der Waals surface area contributed by atoms with Gasteiger partial charge in [-0.3, -0.25) is 0 Å². The summed E-state index contributed by atoms with van der Waals surface area (Å²) in [5, 5.41) is 9.14. The van der Waals surface area contributed by atoms with E-state index < -0.39 is 11.7 Å². The fraction of sp³-hybridized carbons (Fsp3) is 0.200. The molecule has 0 fully saturated rings. The van der Waals surface area contributed by atoms with Crippen molar-refractivity contribution in [3.8, 4) is 5.75 Å². The number of hydrogen-bond acceptors (Lipinski definition) is 2. The first-order valence-corrected chi connectivity index (χ1v) is 5.98. The second kappa shape index (κ2) is 5.96. The van der Waals surface area contributed by atoms with Crippen molar-refractivity contribution in [1.82, 2.24) is 0 Å². The number of rotatable bonds is 4. The lowest BCUT2D eigenvalue weighted by atomic mass is 10.1. The lowest BCUT2D eigenvalue weighted by molar-refractivity contribution is -0.137. The molecular weight excluding hydrogens is 269 g/mol. The maximum atomic E-state index is 12.6. The van der Waals surface area contributed by atoms with Crippen molar-refractivity contribution in [1.29, 1.82) is 0 Å². The van der Waals surface area contributed by atoms with Gasteiger partial charge < -0.3 is 9.84 Å². The highest BCUT2D eigenvalue weighted by molar-refractivity contribution is 5.33. The molecule has 0 spiro atoms. The van der Waals surface area contributed by atoms with Gasteiger partial charge in [0.15, 0.2) is 0 Å². The Morgan fingerprint density at radius 1 is 1.00 bits per heavy atom. The average Bonchev–Trinajstić information content (AvgIpc) is 2.45. The predicted octanol–water partition coefficient (Wildman–Crippen LogP) is 3.78. The zero-order valence-electron chi connectivity index (χ0n) is 10.5. The van der Waals surface area contributed by atoms with Crippen molar-refractivity contribution in [2.24, 2.45) is 0 Å². The topological polar surface area (TPSA) is 29.5 Å². The fourth-order valence-electron chi connectivity index (χ4n) is 1.77. The number of ether oxygens (including phenoxy) is 1. The molecule has 0 saturated carbocycles. The maximum Gasteiger partial charge on any atom is 0.416 e. The Morgan fingerprint density at radius 3 is 2.45 bits per heavy atom. The molecule has 0 saturated heterocycles. The number of halogens is 3. The van der Waals surface area contributed by atoms with Crippen LogP contribution in [0.5, 0.6) is 5.75 Å². The monoisotopic (exact) mass is 282 g/mol. The minimum Gasteiger partial charge on any atom is -0.489 e. The summed E-state index contributed by atoms with van der Waals surface area (Å²) in [6.07, 6.45) is -4.36. The van der Waals surface area contributed by atoms with E-state index in [-0.39, 0.29) is 13.2 Å². The molecule has 0 amide bonds. The molecule has 1 N–H and O–H groups in total. The van der Waals surface area contributed by atoms with Crippen LogP contribution in [0.1, 0.15) is 16.7 Å². The third-order valence-electron chi connectivity index (χ3n) is 2.79. The molecule has 2 aromatic carbocycles. The molecule has 2 rings (SSSR count). The van der Waals surface area contributed by atoms with Gasteiger partial charge in [-0.15, -0.1) is 0 Å². The summed E-state index contributed by atoms with van der Waals surface area (Å²) in [4.78, 5) is 0. The third kappa shape index (κ3) is 3.51. The molecule has 2 aromatic rings. The number of alkyl halides is 3. The van der Waals surface area contributed by atoms with Crippen molar-refractivity contribution in [2.75, 3.05) is 0 Å². The van der Waals surface area contributed by atoms with Gasteiger partial charge >= 0.3 is 6.18 Å². The molecule has 0 bridgehead atoms. The summed E-state index contributed by atoms with van der Waals surface area (Å²) in [7, 11) is 0. The predicted molar refractivity (Wildman–Crippen MR) is 68.1 cm³/mol. The molecule has 0 atom stereocenters. The Morgan fingerprint density at radius 2 is 1.75 bits per heavy atom. The first-order valence-electron chi connectivity index (χ1n) is 5.98. The quantitative estimate of drug-likeness (QED) is 0.924. The van der Waals surface area contributed by atoms with E-state index in [1.54, 1.807) is 30.3 Å². The normalized spacial score (nSPS) is 11.4. The molecule has 5 heteroatoms. The Bertz CT molecular complexity index is 579. The molecule has 0 aliphatic heterocycles. The van der Waals surface area contributed by atoms with Gasteiger partial charge in [0, 0.05) is 5.56 Å². The second-order valence-electron chi connectivity index (χ2n) is 4.25. The zero-order chi connectivity index (χ0) is 14.6. The van der Waals surface area contributed by atoms with E-state index in [4.69, 9.17) is 9.84 Å². The molecule has 106 valence electrons. The number of para-hydroxylation sites is 1. The largest absolute Gasteiger partial charge is 0.489 e. The van der Waals surface area contributed by atoms with Crippen LogP contribution in [0.25, 0.3) is 0 Å². The van der Waals surface area contributed by atoms with Crippen molar-refractivity contribution in [3.05, 3.63) is 65.2 Å². The van der Waals surface area contributed by atoms with Crippen LogP contribution in [0.15, 0.2) is 48.5 Å². The van der Waals surface area contributed by atoms with Crippen LogP contribution in [0, 0.1) is 0 Å². The standard InChI is InChI=1S/C15H13F3O2/c16-15(17,18)13-6-3-4-11(8-13)10-20-14-7-2-1-5-12(14)9-19/h1-8,19H,9-10H2. The number of hydrogen-bond donors (Lipinski definition) is 1. The summed E-state index contributed by atoms with van der Waals surface area (Å²) >= 11 is 0. The molecule has 0 aliphatic rings. The minimum atomic E-state index is -4.36. The molecule has 0 aliphatic carbocycles. The van der Waals surface area contributed by atoms with Gasteiger partial charge in [-0.25, -0.2) is 0 Å². The van der Waals surface area contributed by atoms with Crippen molar-refractivity contribution in [2.45, 2.75) is 19.4 Å². The minimum absolute atomic E-state index is 0.0148. The van der Waals surface area contributed by atoms with Crippen molar-refractivity contribution in [3.63, 3.8) is 0 Å². The van der Waals surface area contributed by atoms with Crippen LogP contribution in [0.2, 0.25) is 0 Å². The summed E-state index contributed by atoms with van der Waals surface area (Å²) < 4.78 is 43.2. The van der Waals surface area contributed by atoms with Gasteiger partial charge in [-0.05, 0) is 23.8 Å². The first-order chi connectivity index (χ1) is 9.50. The van der Waals surface area contributed by atoms with Gasteiger partial charge in [0.05, 0.1) is 12.2 Å². The smallest absolute Gasteiger partial charge is 0.416 e. The zero-order valence-corrected chi connectivity index (χ0v) is 10.5. The van der Waals surface area contributed by atoms with Crippen LogP contribution < -0.4 is 4.74 Å². The van der Waals surface area contributed by atoms with Crippen LogP contribution in [0.3, 0.4) is 0 Å². The molecule has 0 radical (unpaired) electrons. The number of aliphatic hydroxyl groups is 1. The van der Waals surface area contributed by atoms with E-state index in [2.05, 4.69) is 0 Å². The lowest BCUT2D eigenvalue weighted by Gasteiger charge is -2.11. The van der Waals surface area contributed by atoms with Crippen molar-refractivity contribution < 1.29 is 23.0 Å². The lowest BCUT2D eigenvalue weighted by Crippen LogP contribution is -2.06. The van der Waals surface area contributed by atoms with Crippen LogP contribution in [-0.4, -0.2) is 5.11 Å². The second-order valence-corrected chi connectivity index (χ2v) is 4.25. The van der Waals surface area contributed by atoms with Crippen LogP contribution >= 0.6 is 0 Å². The summed E-state index contributed by atoms with van der Waals surface area (Å²) in [5.41, 5.74) is 0.320. The molecule has 0 unspecified atom stereocenters. The summed E-state index contributed by atoms with van der Waals surface area (Å²) in [6.45, 7) is -0.167. The van der Waals surface area contributed by atoms with Gasteiger partial charge in [-0.2, -0.15) is 13.2 Å². The fourth-order valence-corrected chi connectivity index (χ4v) is 1.77. The Kier molecular flexibility index (Phi) is 4.29. The van der Waals surface area contributed by atoms with E-state index in [1.807, 2.05) is 0 Å². The summed E-state index contributed by atoms with van der Waals surface area (Å²) in [5.74, 6) is 0.465.